The number of nitrogens with zero attached hydrogens (tertiary/aromatic N) is 3. The molecule has 6 nitrogen and oxygen atoms in total. The van der Waals surface area contributed by atoms with Gasteiger partial charge in [0.2, 0.25) is 5.91 Å². The van der Waals surface area contributed by atoms with Gasteiger partial charge in [-0.25, -0.2) is 4.39 Å². The lowest BCUT2D eigenvalue weighted by Gasteiger charge is -2.30. The van der Waals surface area contributed by atoms with E-state index in [2.05, 4.69) is 5.16 Å². The minimum Gasteiger partial charge on any atom is -0.356 e. The topological polar surface area (TPSA) is 68.3 Å². The van der Waals surface area contributed by atoms with Gasteiger partial charge in [0.15, 0.2) is 11.0 Å². The van der Waals surface area contributed by atoms with Crippen LogP contribution in [-0.2, 0) is 4.79 Å². The molecule has 0 saturated carbocycles. The first-order valence-corrected chi connectivity index (χ1v) is 8.98. The highest BCUT2D eigenvalue weighted by atomic mass is 19.1. The molecular formula is C20H20FN3O3. The highest BCUT2D eigenvalue weighted by Gasteiger charge is 2.26. The fraction of sp³-hybridized carbons (Fsp3) is 0.350. The molecule has 0 bridgehead atoms. The summed E-state index contributed by atoms with van der Waals surface area (Å²) in [5, 5.41) is 4.86. The number of likely N-dealkylation sites (tertiary alicyclic amines) is 1. The number of carbonyl (C=O) groups is 1. The Morgan fingerprint density at radius 3 is 2.67 bits per heavy atom. The Morgan fingerprint density at radius 1 is 1.26 bits per heavy atom. The van der Waals surface area contributed by atoms with Crippen LogP contribution >= 0.6 is 0 Å². The van der Waals surface area contributed by atoms with E-state index in [1.165, 1.54) is 18.2 Å². The van der Waals surface area contributed by atoms with Crippen molar-refractivity contribution in [1.82, 2.24) is 14.6 Å². The third-order valence-corrected chi connectivity index (χ3v) is 5.27. The molecule has 3 aromatic rings. The maximum Gasteiger partial charge on any atom is 0.219 e. The molecule has 1 fully saturated rings. The lowest BCUT2D eigenvalue weighted by Crippen LogP contribution is -2.36. The summed E-state index contributed by atoms with van der Waals surface area (Å²) in [7, 11) is 0. The van der Waals surface area contributed by atoms with E-state index in [-0.39, 0.29) is 17.3 Å². The highest BCUT2D eigenvalue weighted by Crippen LogP contribution is 2.34. The first kappa shape index (κ1) is 17.5. The van der Waals surface area contributed by atoms with Gasteiger partial charge in [0.25, 0.3) is 0 Å². The predicted octanol–water partition coefficient (Wildman–Crippen LogP) is 3.15. The summed E-state index contributed by atoms with van der Waals surface area (Å²) in [5.41, 5.74) is 2.08. The number of hydrogen-bond acceptors (Lipinski definition) is 4. The molecule has 1 aliphatic heterocycles. The number of pyridine rings is 1. The zero-order chi connectivity index (χ0) is 19.1. The molecule has 140 valence electrons. The van der Waals surface area contributed by atoms with Gasteiger partial charge in [0, 0.05) is 61.4 Å². The summed E-state index contributed by atoms with van der Waals surface area (Å²) >= 11 is 0. The van der Waals surface area contributed by atoms with Crippen LogP contribution in [0, 0.1) is 12.7 Å². The van der Waals surface area contributed by atoms with Crippen LogP contribution in [0.2, 0.25) is 0 Å². The van der Waals surface area contributed by atoms with Gasteiger partial charge in [-0.2, -0.15) is 0 Å². The van der Waals surface area contributed by atoms with E-state index in [4.69, 9.17) is 4.52 Å². The Labute approximate surface area is 155 Å². The largest absolute Gasteiger partial charge is 0.356 e. The highest BCUT2D eigenvalue weighted by molar-refractivity contribution is 5.82. The molecule has 0 spiro atoms. The van der Waals surface area contributed by atoms with E-state index in [9.17, 15) is 14.0 Å². The van der Waals surface area contributed by atoms with Crippen LogP contribution in [0.5, 0.6) is 0 Å². The van der Waals surface area contributed by atoms with Crippen molar-refractivity contribution in [1.29, 1.82) is 0 Å². The molecule has 0 atom stereocenters. The average Bonchev–Trinajstić information content (AvgIpc) is 3.04. The van der Waals surface area contributed by atoms with Crippen LogP contribution in [0.25, 0.3) is 16.7 Å². The van der Waals surface area contributed by atoms with Gasteiger partial charge in [-0.05, 0) is 25.8 Å². The summed E-state index contributed by atoms with van der Waals surface area (Å²) in [4.78, 5) is 24.8. The Bertz CT molecular complexity index is 1080. The second-order valence-electron chi connectivity index (χ2n) is 7.02. The normalized spacial score (nSPS) is 15.4. The van der Waals surface area contributed by atoms with E-state index >= 15 is 0 Å². The van der Waals surface area contributed by atoms with Gasteiger partial charge in [0.05, 0.1) is 11.4 Å². The quantitative estimate of drug-likeness (QED) is 0.696. The van der Waals surface area contributed by atoms with Crippen LogP contribution in [0.4, 0.5) is 4.39 Å². The Balaban J connectivity index is 1.70. The van der Waals surface area contributed by atoms with E-state index < -0.39 is 5.82 Å². The molecule has 3 heterocycles. The van der Waals surface area contributed by atoms with Crippen molar-refractivity contribution in [2.75, 3.05) is 13.1 Å². The number of aromatic nitrogens is 2. The maximum atomic E-state index is 14.9. The lowest BCUT2D eigenvalue weighted by molar-refractivity contribution is -0.129. The van der Waals surface area contributed by atoms with Gasteiger partial charge in [-0.15, -0.1) is 0 Å². The number of fused-ring (bicyclic) bond motifs is 1. The summed E-state index contributed by atoms with van der Waals surface area (Å²) in [6.07, 6.45) is 3.11. The van der Waals surface area contributed by atoms with Crippen molar-refractivity contribution in [2.45, 2.75) is 32.6 Å². The number of rotatable bonds is 2. The molecule has 2 aromatic heterocycles. The fourth-order valence-electron chi connectivity index (χ4n) is 3.77. The number of halogens is 1. The first-order valence-electron chi connectivity index (χ1n) is 8.98. The number of carbonyl (C=O) groups excluding carboxylic acids is 1. The van der Waals surface area contributed by atoms with Crippen molar-refractivity contribution in [3.05, 3.63) is 57.9 Å². The second-order valence-corrected chi connectivity index (χ2v) is 7.02. The van der Waals surface area contributed by atoms with Crippen LogP contribution in [-0.4, -0.2) is 33.6 Å². The molecule has 1 saturated heterocycles. The fourth-order valence-corrected chi connectivity index (χ4v) is 3.77. The van der Waals surface area contributed by atoms with Crippen LogP contribution in [0.15, 0.2) is 39.8 Å². The zero-order valence-electron chi connectivity index (χ0n) is 15.2. The van der Waals surface area contributed by atoms with E-state index in [0.29, 0.717) is 35.4 Å². The minimum atomic E-state index is -0.403. The standard InChI is InChI=1S/C20H20FN3O3/c1-12-9-15(26)5-8-24(12)18-11-19-16(10-17(18)21)20(22-27-19)14-3-6-23(7-4-14)13(2)25/h5,8-11,14H,3-4,6-7H2,1-2H3. The molecule has 1 amide bonds. The van der Waals surface area contributed by atoms with Crippen molar-refractivity contribution < 1.29 is 13.7 Å². The van der Waals surface area contributed by atoms with Crippen molar-refractivity contribution in [3.63, 3.8) is 0 Å². The molecule has 1 aromatic carbocycles. The van der Waals surface area contributed by atoms with Crippen molar-refractivity contribution >= 4 is 16.9 Å². The predicted molar refractivity (Wildman–Crippen MR) is 98.5 cm³/mol. The summed E-state index contributed by atoms with van der Waals surface area (Å²) in [6.45, 7) is 4.67. The van der Waals surface area contributed by atoms with Gasteiger partial charge < -0.3 is 14.0 Å². The number of aryl methyl sites for hydroxylation is 1. The maximum absolute atomic E-state index is 14.9. The molecule has 7 heteroatoms. The number of hydrogen-bond donors (Lipinski definition) is 0. The number of piperidine rings is 1. The minimum absolute atomic E-state index is 0.0747. The SMILES string of the molecule is CC(=O)N1CCC(c2noc3cc(-n4ccc(=O)cc4C)c(F)cc23)CC1. The summed E-state index contributed by atoms with van der Waals surface area (Å²) < 4.78 is 22.0. The van der Waals surface area contributed by atoms with E-state index in [1.54, 1.807) is 30.7 Å². The second kappa shape index (κ2) is 6.64. The summed E-state index contributed by atoms with van der Waals surface area (Å²) in [6, 6.07) is 5.91. The molecule has 0 aliphatic carbocycles. The lowest BCUT2D eigenvalue weighted by atomic mass is 9.91. The third-order valence-electron chi connectivity index (χ3n) is 5.27. The van der Waals surface area contributed by atoms with E-state index in [1.807, 2.05) is 4.90 Å². The van der Waals surface area contributed by atoms with Crippen LogP contribution in [0.1, 0.15) is 37.1 Å². The number of benzene rings is 1. The first-order chi connectivity index (χ1) is 12.9. The van der Waals surface area contributed by atoms with Crippen LogP contribution < -0.4 is 5.43 Å². The van der Waals surface area contributed by atoms with Gasteiger partial charge >= 0.3 is 0 Å². The Morgan fingerprint density at radius 2 is 2.00 bits per heavy atom. The van der Waals surface area contributed by atoms with E-state index in [0.717, 1.165) is 18.5 Å². The molecule has 0 unspecified atom stereocenters. The monoisotopic (exact) mass is 369 g/mol. The Hall–Kier alpha value is -2.96. The summed E-state index contributed by atoms with van der Waals surface area (Å²) in [5.74, 6) is -0.188. The Kier molecular flexibility index (Phi) is 4.30. The number of amides is 1. The molecule has 0 radical (unpaired) electrons. The third kappa shape index (κ3) is 3.13. The molecule has 27 heavy (non-hydrogen) atoms. The smallest absolute Gasteiger partial charge is 0.219 e. The molecular weight excluding hydrogens is 349 g/mol. The molecule has 0 N–H and O–H groups in total. The zero-order valence-corrected chi connectivity index (χ0v) is 15.2. The van der Waals surface area contributed by atoms with Gasteiger partial charge in [-0.1, -0.05) is 5.16 Å². The van der Waals surface area contributed by atoms with Crippen molar-refractivity contribution in [2.24, 2.45) is 0 Å². The van der Waals surface area contributed by atoms with Crippen molar-refractivity contribution in [3.8, 4) is 5.69 Å². The molecule has 1 aliphatic rings. The van der Waals surface area contributed by atoms with Gasteiger partial charge in [-0.3, -0.25) is 9.59 Å². The molecule has 4 rings (SSSR count). The average molecular weight is 369 g/mol. The van der Waals surface area contributed by atoms with Gasteiger partial charge in [0.1, 0.15) is 5.82 Å². The van der Waals surface area contributed by atoms with Crippen LogP contribution in [0.3, 0.4) is 0 Å².